The van der Waals surface area contributed by atoms with Gasteiger partial charge in [0.25, 0.3) is 0 Å². The van der Waals surface area contributed by atoms with Crippen molar-refractivity contribution in [2.24, 2.45) is 0 Å². The zero-order chi connectivity index (χ0) is 13.9. The summed E-state index contributed by atoms with van der Waals surface area (Å²) >= 11 is 5.96. The van der Waals surface area contributed by atoms with Crippen LogP contribution < -0.4 is 5.32 Å². The summed E-state index contributed by atoms with van der Waals surface area (Å²) in [6.07, 6.45) is 5.72. The van der Waals surface area contributed by atoms with E-state index in [2.05, 4.69) is 22.0 Å². The summed E-state index contributed by atoms with van der Waals surface area (Å²) in [5.41, 5.74) is 3.80. The van der Waals surface area contributed by atoms with Gasteiger partial charge in [-0.05, 0) is 50.1 Å². The van der Waals surface area contributed by atoms with E-state index in [1.165, 1.54) is 24.1 Å². The first-order valence-corrected chi connectivity index (χ1v) is 7.71. The first kappa shape index (κ1) is 13.7. The fraction of sp³-hybridized carbons (Fsp3) is 0.438. The first-order chi connectivity index (χ1) is 9.79. The monoisotopic (exact) mass is 289 g/mol. The highest BCUT2D eigenvalue weighted by atomic mass is 35.5. The molecule has 1 aliphatic rings. The summed E-state index contributed by atoms with van der Waals surface area (Å²) in [6, 6.07) is 7.91. The molecule has 20 heavy (non-hydrogen) atoms. The van der Waals surface area contributed by atoms with Crippen molar-refractivity contribution < 1.29 is 0 Å². The maximum Gasteiger partial charge on any atom is 0.0650 e. The number of hydrogen-bond donors (Lipinski definition) is 1. The van der Waals surface area contributed by atoms with Gasteiger partial charge in [0, 0.05) is 23.0 Å². The number of nitrogens with one attached hydrogen (secondary N) is 1. The third kappa shape index (κ3) is 2.89. The van der Waals surface area contributed by atoms with E-state index >= 15 is 0 Å². The summed E-state index contributed by atoms with van der Waals surface area (Å²) in [5, 5.41) is 8.83. The Morgan fingerprint density at radius 1 is 1.30 bits per heavy atom. The third-order valence-electron chi connectivity index (χ3n) is 3.66. The Labute approximate surface area is 124 Å². The smallest absolute Gasteiger partial charge is 0.0650 e. The maximum atomic E-state index is 5.96. The highest BCUT2D eigenvalue weighted by molar-refractivity contribution is 6.30. The van der Waals surface area contributed by atoms with E-state index in [1.807, 2.05) is 30.5 Å². The van der Waals surface area contributed by atoms with Crippen LogP contribution in [0.3, 0.4) is 0 Å². The lowest BCUT2D eigenvalue weighted by atomic mass is 10.1. The maximum absolute atomic E-state index is 5.96. The van der Waals surface area contributed by atoms with Gasteiger partial charge in [-0.2, -0.15) is 5.10 Å². The largest absolute Gasteiger partial charge is 0.313 e. The van der Waals surface area contributed by atoms with Crippen LogP contribution in [0.1, 0.15) is 43.4 Å². The molecule has 0 amide bonds. The SMILES string of the molecule is CCCNCc1cnn(-c2ccc(Cl)cc2)c1C1CC1. The van der Waals surface area contributed by atoms with Crippen molar-refractivity contribution in [3.8, 4) is 5.69 Å². The van der Waals surface area contributed by atoms with Gasteiger partial charge in [-0.3, -0.25) is 0 Å². The van der Waals surface area contributed by atoms with Crippen LogP contribution >= 0.6 is 11.6 Å². The number of halogens is 1. The molecule has 3 nitrogen and oxygen atoms in total. The van der Waals surface area contributed by atoms with Crippen LogP contribution in [0.15, 0.2) is 30.5 Å². The highest BCUT2D eigenvalue weighted by Gasteiger charge is 2.30. The summed E-state index contributed by atoms with van der Waals surface area (Å²) in [5.74, 6) is 0.673. The van der Waals surface area contributed by atoms with Crippen molar-refractivity contribution in [3.63, 3.8) is 0 Å². The molecule has 0 saturated heterocycles. The minimum absolute atomic E-state index is 0.673. The quantitative estimate of drug-likeness (QED) is 0.817. The Hall–Kier alpha value is -1.32. The third-order valence-corrected chi connectivity index (χ3v) is 3.92. The minimum Gasteiger partial charge on any atom is -0.313 e. The van der Waals surface area contributed by atoms with Crippen molar-refractivity contribution >= 4 is 11.6 Å². The number of rotatable bonds is 6. The molecule has 0 bridgehead atoms. The number of hydrogen-bond acceptors (Lipinski definition) is 2. The van der Waals surface area contributed by atoms with Gasteiger partial charge in [0.2, 0.25) is 0 Å². The molecular formula is C16H20ClN3. The van der Waals surface area contributed by atoms with Crippen LogP contribution in [-0.4, -0.2) is 16.3 Å². The zero-order valence-corrected chi connectivity index (χ0v) is 12.5. The van der Waals surface area contributed by atoms with Crippen LogP contribution in [0, 0.1) is 0 Å². The molecule has 3 rings (SSSR count). The standard InChI is InChI=1S/C16H20ClN3/c1-2-9-18-10-13-11-19-20(16(13)12-3-4-12)15-7-5-14(17)6-8-15/h5-8,11-12,18H,2-4,9-10H2,1H3. The predicted octanol–water partition coefficient (Wildman–Crippen LogP) is 3.90. The Morgan fingerprint density at radius 3 is 2.70 bits per heavy atom. The summed E-state index contributed by atoms with van der Waals surface area (Å²) in [6.45, 7) is 4.15. The Kier molecular flexibility index (Phi) is 4.08. The number of nitrogens with zero attached hydrogens (tertiary/aromatic N) is 2. The van der Waals surface area contributed by atoms with E-state index in [0.29, 0.717) is 5.92 Å². The Morgan fingerprint density at radius 2 is 2.05 bits per heavy atom. The fourth-order valence-corrected chi connectivity index (χ4v) is 2.63. The Balaban J connectivity index is 1.88. The van der Waals surface area contributed by atoms with Crippen LogP contribution in [0.5, 0.6) is 0 Å². The van der Waals surface area contributed by atoms with Crippen molar-refractivity contribution in [1.29, 1.82) is 0 Å². The van der Waals surface area contributed by atoms with Gasteiger partial charge in [0.1, 0.15) is 0 Å². The fourth-order valence-electron chi connectivity index (χ4n) is 2.51. The van der Waals surface area contributed by atoms with E-state index in [4.69, 9.17) is 11.6 Å². The molecule has 0 spiro atoms. The molecule has 1 aromatic carbocycles. The van der Waals surface area contributed by atoms with Crippen molar-refractivity contribution in [1.82, 2.24) is 15.1 Å². The van der Waals surface area contributed by atoms with Crippen LogP contribution in [0.4, 0.5) is 0 Å². The molecule has 0 aliphatic heterocycles. The van der Waals surface area contributed by atoms with E-state index < -0.39 is 0 Å². The second kappa shape index (κ2) is 5.98. The van der Waals surface area contributed by atoms with Gasteiger partial charge < -0.3 is 5.32 Å². The van der Waals surface area contributed by atoms with E-state index in [0.717, 1.165) is 30.2 Å². The van der Waals surface area contributed by atoms with Crippen LogP contribution in [0.2, 0.25) is 5.02 Å². The van der Waals surface area contributed by atoms with Crippen LogP contribution in [-0.2, 0) is 6.54 Å². The summed E-state index contributed by atoms with van der Waals surface area (Å²) in [7, 11) is 0. The number of aromatic nitrogens is 2. The first-order valence-electron chi connectivity index (χ1n) is 7.33. The molecule has 0 atom stereocenters. The second-order valence-electron chi connectivity index (χ2n) is 5.39. The lowest BCUT2D eigenvalue weighted by molar-refractivity contribution is 0.669. The molecule has 0 radical (unpaired) electrons. The Bertz CT molecular complexity index is 570. The van der Waals surface area contributed by atoms with Gasteiger partial charge in [0.15, 0.2) is 0 Å². The lowest BCUT2D eigenvalue weighted by Crippen LogP contribution is -2.15. The molecule has 1 N–H and O–H groups in total. The molecule has 1 fully saturated rings. The molecule has 4 heteroatoms. The molecule has 1 saturated carbocycles. The van der Waals surface area contributed by atoms with E-state index in [-0.39, 0.29) is 0 Å². The molecule has 0 unspecified atom stereocenters. The van der Waals surface area contributed by atoms with Gasteiger partial charge in [-0.25, -0.2) is 4.68 Å². The average Bonchev–Trinajstić information content (AvgIpc) is 3.21. The van der Waals surface area contributed by atoms with Gasteiger partial charge >= 0.3 is 0 Å². The van der Waals surface area contributed by atoms with Crippen molar-refractivity contribution in [2.45, 2.75) is 38.6 Å². The summed E-state index contributed by atoms with van der Waals surface area (Å²) in [4.78, 5) is 0. The summed E-state index contributed by atoms with van der Waals surface area (Å²) < 4.78 is 2.08. The average molecular weight is 290 g/mol. The van der Waals surface area contributed by atoms with Crippen molar-refractivity contribution in [3.05, 3.63) is 46.7 Å². The number of benzene rings is 1. The van der Waals surface area contributed by atoms with E-state index in [9.17, 15) is 0 Å². The van der Waals surface area contributed by atoms with Gasteiger partial charge in [-0.1, -0.05) is 18.5 Å². The van der Waals surface area contributed by atoms with Crippen molar-refractivity contribution in [2.75, 3.05) is 6.54 Å². The topological polar surface area (TPSA) is 29.9 Å². The molecule has 106 valence electrons. The molecule has 2 aromatic rings. The van der Waals surface area contributed by atoms with Crippen LogP contribution in [0.25, 0.3) is 5.69 Å². The molecule has 1 aliphatic carbocycles. The molecule has 1 heterocycles. The molecular weight excluding hydrogens is 270 g/mol. The minimum atomic E-state index is 0.673. The zero-order valence-electron chi connectivity index (χ0n) is 11.8. The van der Waals surface area contributed by atoms with Gasteiger partial charge in [0.05, 0.1) is 17.6 Å². The molecule has 1 aromatic heterocycles. The highest BCUT2D eigenvalue weighted by Crippen LogP contribution is 2.42. The predicted molar refractivity (Wildman–Crippen MR) is 82.5 cm³/mol. The van der Waals surface area contributed by atoms with Gasteiger partial charge in [-0.15, -0.1) is 0 Å². The second-order valence-corrected chi connectivity index (χ2v) is 5.83. The lowest BCUT2D eigenvalue weighted by Gasteiger charge is -2.09. The van der Waals surface area contributed by atoms with E-state index in [1.54, 1.807) is 0 Å². The normalized spacial score (nSPS) is 14.7.